The van der Waals surface area contributed by atoms with E-state index in [1.54, 1.807) is 0 Å². The maximum atomic E-state index is 5.88. The number of hydrogen-bond acceptors (Lipinski definition) is 2. The van der Waals surface area contributed by atoms with Crippen molar-refractivity contribution in [3.8, 4) is 0 Å². The summed E-state index contributed by atoms with van der Waals surface area (Å²) in [6.45, 7) is 8.57. The molecule has 78 valence electrons. The number of hydrogen-bond donors (Lipinski definition) is 1. The highest BCUT2D eigenvalue weighted by Crippen LogP contribution is 2.25. The summed E-state index contributed by atoms with van der Waals surface area (Å²) in [5, 5.41) is 0. The van der Waals surface area contributed by atoms with E-state index in [1.807, 2.05) is 13.0 Å². The molecule has 0 amide bonds. The molecule has 0 fully saturated rings. The zero-order valence-electron chi connectivity index (χ0n) is 9.76. The highest BCUT2D eigenvalue weighted by Gasteiger charge is 2.17. The maximum absolute atomic E-state index is 5.88. The number of nitrogens with two attached hydrogens (primary N) is 1. The quantitative estimate of drug-likeness (QED) is 0.693. The Hall–Kier alpha value is -1.18. The van der Waals surface area contributed by atoms with Crippen molar-refractivity contribution in [2.75, 3.05) is 17.7 Å². The van der Waals surface area contributed by atoms with E-state index in [4.69, 9.17) is 5.73 Å². The van der Waals surface area contributed by atoms with Crippen LogP contribution < -0.4 is 10.6 Å². The van der Waals surface area contributed by atoms with Gasteiger partial charge in [0, 0.05) is 24.0 Å². The monoisotopic (exact) mass is 192 g/mol. The Morgan fingerprint density at radius 2 is 1.79 bits per heavy atom. The maximum Gasteiger partial charge on any atom is 0.0388 e. The van der Waals surface area contributed by atoms with Crippen LogP contribution in [0, 0.1) is 6.92 Å². The van der Waals surface area contributed by atoms with Crippen LogP contribution in [0.15, 0.2) is 18.2 Å². The molecule has 0 unspecified atom stereocenters. The predicted molar refractivity (Wildman–Crippen MR) is 63.7 cm³/mol. The van der Waals surface area contributed by atoms with E-state index >= 15 is 0 Å². The van der Waals surface area contributed by atoms with E-state index in [0.29, 0.717) is 0 Å². The van der Waals surface area contributed by atoms with E-state index in [0.717, 1.165) is 11.3 Å². The van der Waals surface area contributed by atoms with Crippen molar-refractivity contribution in [2.45, 2.75) is 33.2 Å². The van der Waals surface area contributed by atoms with Crippen LogP contribution in [-0.4, -0.2) is 12.6 Å². The molecular weight excluding hydrogens is 172 g/mol. The first-order chi connectivity index (χ1) is 6.32. The number of rotatable bonds is 1. The van der Waals surface area contributed by atoms with Gasteiger partial charge in [-0.25, -0.2) is 0 Å². The molecule has 2 nitrogen and oxygen atoms in total. The molecule has 1 rings (SSSR count). The molecule has 0 spiro atoms. The van der Waals surface area contributed by atoms with Gasteiger partial charge in [-0.05, 0) is 45.4 Å². The van der Waals surface area contributed by atoms with Crippen molar-refractivity contribution >= 4 is 11.4 Å². The van der Waals surface area contributed by atoms with Gasteiger partial charge in [-0.3, -0.25) is 0 Å². The van der Waals surface area contributed by atoms with Crippen LogP contribution in [0.25, 0.3) is 0 Å². The van der Waals surface area contributed by atoms with Crippen molar-refractivity contribution in [1.29, 1.82) is 0 Å². The molecule has 0 aromatic heterocycles. The predicted octanol–water partition coefficient (Wildman–Crippen LogP) is 2.81. The smallest absolute Gasteiger partial charge is 0.0388 e. The summed E-state index contributed by atoms with van der Waals surface area (Å²) in [5.41, 5.74) is 9.16. The lowest BCUT2D eigenvalue weighted by molar-refractivity contribution is 0.539. The topological polar surface area (TPSA) is 29.3 Å². The summed E-state index contributed by atoms with van der Waals surface area (Å²) in [6.07, 6.45) is 0. The van der Waals surface area contributed by atoms with Gasteiger partial charge in [-0.2, -0.15) is 0 Å². The van der Waals surface area contributed by atoms with Crippen LogP contribution in [0.2, 0.25) is 0 Å². The summed E-state index contributed by atoms with van der Waals surface area (Å²) < 4.78 is 0. The van der Waals surface area contributed by atoms with Crippen LogP contribution in [0.5, 0.6) is 0 Å². The molecule has 0 atom stereocenters. The second kappa shape index (κ2) is 3.52. The molecule has 2 N–H and O–H groups in total. The lowest BCUT2D eigenvalue weighted by Crippen LogP contribution is -2.38. The fourth-order valence-electron chi connectivity index (χ4n) is 1.22. The first kappa shape index (κ1) is 10.9. The van der Waals surface area contributed by atoms with Gasteiger partial charge in [-0.15, -0.1) is 0 Å². The Kier molecular flexibility index (Phi) is 2.74. The normalized spacial score (nSPS) is 11.5. The van der Waals surface area contributed by atoms with Gasteiger partial charge in [0.05, 0.1) is 0 Å². The summed E-state index contributed by atoms with van der Waals surface area (Å²) in [4.78, 5) is 2.22. The van der Waals surface area contributed by atoms with E-state index < -0.39 is 0 Å². The lowest BCUT2D eigenvalue weighted by Gasteiger charge is -2.34. The standard InChI is InChI=1S/C12H20N2/c1-9-6-7-10(8-11(9)13)14(5)12(2,3)4/h6-8H,13H2,1-5H3. The minimum atomic E-state index is 0.127. The average Bonchev–Trinajstić information content (AvgIpc) is 2.07. The zero-order chi connectivity index (χ0) is 10.9. The van der Waals surface area contributed by atoms with E-state index in [1.165, 1.54) is 5.69 Å². The molecule has 1 aromatic rings. The third-order valence-corrected chi connectivity index (χ3v) is 2.66. The summed E-state index contributed by atoms with van der Waals surface area (Å²) >= 11 is 0. The van der Waals surface area contributed by atoms with Gasteiger partial charge in [0.1, 0.15) is 0 Å². The van der Waals surface area contributed by atoms with Crippen molar-refractivity contribution in [3.05, 3.63) is 23.8 Å². The number of nitrogen functional groups attached to an aromatic ring is 1. The van der Waals surface area contributed by atoms with Gasteiger partial charge < -0.3 is 10.6 Å². The number of benzene rings is 1. The van der Waals surface area contributed by atoms with Gasteiger partial charge in [0.15, 0.2) is 0 Å². The Morgan fingerprint density at radius 3 is 2.21 bits per heavy atom. The lowest BCUT2D eigenvalue weighted by atomic mass is 10.1. The largest absolute Gasteiger partial charge is 0.398 e. The Bertz CT molecular complexity index is 324. The molecule has 0 heterocycles. The fraction of sp³-hybridized carbons (Fsp3) is 0.500. The third-order valence-electron chi connectivity index (χ3n) is 2.66. The van der Waals surface area contributed by atoms with Crippen molar-refractivity contribution < 1.29 is 0 Å². The number of aryl methyl sites for hydroxylation is 1. The molecule has 0 radical (unpaired) electrons. The fourth-order valence-corrected chi connectivity index (χ4v) is 1.22. The summed E-state index contributed by atoms with van der Waals surface area (Å²) in [7, 11) is 2.09. The third kappa shape index (κ3) is 2.19. The Balaban J connectivity index is 3.03. The molecule has 0 bridgehead atoms. The molecule has 14 heavy (non-hydrogen) atoms. The van der Waals surface area contributed by atoms with Gasteiger partial charge >= 0.3 is 0 Å². The van der Waals surface area contributed by atoms with E-state index in [2.05, 4.69) is 44.9 Å². The molecule has 0 aliphatic carbocycles. The van der Waals surface area contributed by atoms with Gasteiger partial charge in [0.25, 0.3) is 0 Å². The zero-order valence-corrected chi connectivity index (χ0v) is 9.76. The van der Waals surface area contributed by atoms with Crippen LogP contribution in [0.4, 0.5) is 11.4 Å². The second-order valence-corrected chi connectivity index (χ2v) is 4.77. The summed E-state index contributed by atoms with van der Waals surface area (Å²) in [6, 6.07) is 6.20. The average molecular weight is 192 g/mol. The minimum absolute atomic E-state index is 0.127. The Labute approximate surface area is 86.7 Å². The highest BCUT2D eigenvalue weighted by atomic mass is 15.2. The van der Waals surface area contributed by atoms with Gasteiger partial charge in [0.2, 0.25) is 0 Å². The van der Waals surface area contributed by atoms with Crippen molar-refractivity contribution in [1.82, 2.24) is 0 Å². The number of anilines is 2. The van der Waals surface area contributed by atoms with Crippen molar-refractivity contribution in [3.63, 3.8) is 0 Å². The molecule has 0 saturated carbocycles. The Morgan fingerprint density at radius 1 is 1.21 bits per heavy atom. The first-order valence-electron chi connectivity index (χ1n) is 4.92. The number of nitrogens with zero attached hydrogens (tertiary/aromatic N) is 1. The van der Waals surface area contributed by atoms with Crippen LogP contribution in [-0.2, 0) is 0 Å². The van der Waals surface area contributed by atoms with E-state index in [9.17, 15) is 0 Å². The molecule has 0 aliphatic rings. The second-order valence-electron chi connectivity index (χ2n) is 4.77. The first-order valence-corrected chi connectivity index (χ1v) is 4.92. The van der Waals surface area contributed by atoms with Crippen LogP contribution in [0.3, 0.4) is 0 Å². The molecule has 1 aromatic carbocycles. The summed E-state index contributed by atoms with van der Waals surface area (Å²) in [5.74, 6) is 0. The SMILES string of the molecule is Cc1ccc(N(C)C(C)(C)C)cc1N. The van der Waals surface area contributed by atoms with Crippen LogP contribution in [0.1, 0.15) is 26.3 Å². The minimum Gasteiger partial charge on any atom is -0.398 e. The van der Waals surface area contributed by atoms with Gasteiger partial charge in [-0.1, -0.05) is 6.07 Å². The van der Waals surface area contributed by atoms with Crippen LogP contribution >= 0.6 is 0 Å². The van der Waals surface area contributed by atoms with E-state index in [-0.39, 0.29) is 5.54 Å². The van der Waals surface area contributed by atoms with Crippen molar-refractivity contribution in [2.24, 2.45) is 0 Å². The molecule has 2 heteroatoms. The highest BCUT2D eigenvalue weighted by molar-refractivity contribution is 5.60. The molecule has 0 saturated heterocycles. The molecular formula is C12H20N2. The molecule has 0 aliphatic heterocycles.